The van der Waals surface area contributed by atoms with Crippen molar-refractivity contribution in [3.05, 3.63) is 12.4 Å². The van der Waals surface area contributed by atoms with Crippen LogP contribution in [0.1, 0.15) is 32.6 Å². The van der Waals surface area contributed by atoms with Gasteiger partial charge in [-0.15, -0.1) is 0 Å². The fourth-order valence-electron chi connectivity index (χ4n) is 2.71. The molecule has 0 radical (unpaired) electrons. The number of likely N-dealkylation sites (N-methyl/N-ethyl adjacent to an activating group) is 1. The first-order chi connectivity index (χ1) is 10.1. The van der Waals surface area contributed by atoms with Crippen molar-refractivity contribution in [2.75, 3.05) is 13.1 Å². The van der Waals surface area contributed by atoms with Crippen molar-refractivity contribution in [3.63, 3.8) is 0 Å². The SMILES string of the molecule is CCNCCn1cc(S(=O)(=O)NC(C2CC2)C2CC2)cn1. The van der Waals surface area contributed by atoms with E-state index in [0.717, 1.165) is 38.8 Å². The minimum Gasteiger partial charge on any atom is -0.315 e. The molecule has 2 N–H and O–H groups in total. The van der Waals surface area contributed by atoms with E-state index in [1.807, 2.05) is 6.92 Å². The van der Waals surface area contributed by atoms with Crippen LogP contribution in [-0.2, 0) is 16.6 Å². The topological polar surface area (TPSA) is 76.0 Å². The molecule has 0 aromatic carbocycles. The largest absolute Gasteiger partial charge is 0.315 e. The van der Waals surface area contributed by atoms with E-state index in [2.05, 4.69) is 15.1 Å². The second kappa shape index (κ2) is 6.06. The molecule has 21 heavy (non-hydrogen) atoms. The van der Waals surface area contributed by atoms with Gasteiger partial charge < -0.3 is 5.32 Å². The zero-order valence-electron chi connectivity index (χ0n) is 12.5. The van der Waals surface area contributed by atoms with E-state index >= 15 is 0 Å². The molecule has 118 valence electrons. The molecular formula is C14H24N4O2S. The van der Waals surface area contributed by atoms with Crippen LogP contribution < -0.4 is 10.0 Å². The Labute approximate surface area is 126 Å². The summed E-state index contributed by atoms with van der Waals surface area (Å²) in [6.45, 7) is 4.41. The fraction of sp³-hybridized carbons (Fsp3) is 0.786. The van der Waals surface area contributed by atoms with Gasteiger partial charge in [-0.3, -0.25) is 4.68 Å². The van der Waals surface area contributed by atoms with Crippen LogP contribution in [0.5, 0.6) is 0 Å². The molecule has 2 aliphatic rings. The summed E-state index contributed by atoms with van der Waals surface area (Å²) in [5.41, 5.74) is 0. The van der Waals surface area contributed by atoms with Crippen LogP contribution >= 0.6 is 0 Å². The molecule has 0 saturated heterocycles. The molecule has 0 atom stereocenters. The average Bonchev–Trinajstić information content (AvgIpc) is 3.36. The second-order valence-corrected chi connectivity index (χ2v) is 7.83. The third kappa shape index (κ3) is 3.84. The molecule has 2 saturated carbocycles. The Morgan fingerprint density at radius 3 is 2.57 bits per heavy atom. The smallest absolute Gasteiger partial charge is 0.243 e. The first kappa shape index (κ1) is 15.0. The van der Waals surface area contributed by atoms with Gasteiger partial charge in [0.2, 0.25) is 10.0 Å². The molecule has 0 spiro atoms. The van der Waals surface area contributed by atoms with Gasteiger partial charge in [0.15, 0.2) is 0 Å². The van der Waals surface area contributed by atoms with Crippen molar-refractivity contribution in [3.8, 4) is 0 Å². The van der Waals surface area contributed by atoms with Gasteiger partial charge in [-0.2, -0.15) is 5.10 Å². The number of hydrogen-bond donors (Lipinski definition) is 2. The van der Waals surface area contributed by atoms with Gasteiger partial charge in [0, 0.05) is 18.8 Å². The summed E-state index contributed by atoms with van der Waals surface area (Å²) in [4.78, 5) is 0.283. The minimum atomic E-state index is -3.43. The lowest BCUT2D eigenvalue weighted by Crippen LogP contribution is -2.37. The molecule has 2 aliphatic carbocycles. The van der Waals surface area contributed by atoms with Crippen molar-refractivity contribution in [2.24, 2.45) is 11.8 Å². The van der Waals surface area contributed by atoms with Gasteiger partial charge in [0.25, 0.3) is 0 Å². The number of rotatable bonds is 9. The Hall–Kier alpha value is -0.920. The van der Waals surface area contributed by atoms with E-state index in [9.17, 15) is 8.42 Å². The summed E-state index contributed by atoms with van der Waals surface area (Å²) in [5.74, 6) is 1.10. The summed E-state index contributed by atoms with van der Waals surface area (Å²) in [7, 11) is -3.43. The second-order valence-electron chi connectivity index (χ2n) is 6.11. The van der Waals surface area contributed by atoms with Gasteiger partial charge in [-0.05, 0) is 44.1 Å². The molecule has 1 aromatic heterocycles. The summed E-state index contributed by atoms with van der Waals surface area (Å²) in [6.07, 6.45) is 7.70. The standard InChI is InChI=1S/C14H24N4O2S/c1-2-15-7-8-18-10-13(9-16-18)21(19,20)17-14(11-3-4-11)12-5-6-12/h9-12,14-15,17H,2-8H2,1H3. The van der Waals surface area contributed by atoms with Crippen molar-refractivity contribution in [1.29, 1.82) is 0 Å². The van der Waals surface area contributed by atoms with E-state index in [1.54, 1.807) is 10.9 Å². The summed E-state index contributed by atoms with van der Waals surface area (Å²) >= 11 is 0. The Morgan fingerprint density at radius 1 is 1.33 bits per heavy atom. The molecule has 3 rings (SSSR count). The maximum absolute atomic E-state index is 12.5. The first-order valence-corrected chi connectivity index (χ1v) is 9.34. The Balaban J connectivity index is 1.63. The van der Waals surface area contributed by atoms with Crippen molar-refractivity contribution in [2.45, 2.75) is 50.1 Å². The maximum atomic E-state index is 12.5. The Bertz CT molecular complexity index is 564. The quantitative estimate of drug-likeness (QED) is 0.666. The van der Waals surface area contributed by atoms with Gasteiger partial charge >= 0.3 is 0 Å². The number of sulfonamides is 1. The molecule has 1 aromatic rings. The van der Waals surface area contributed by atoms with E-state index in [4.69, 9.17) is 0 Å². The molecular weight excluding hydrogens is 288 g/mol. The fourth-order valence-corrected chi connectivity index (χ4v) is 4.04. The van der Waals surface area contributed by atoms with Gasteiger partial charge in [0.05, 0.1) is 12.7 Å². The molecule has 0 unspecified atom stereocenters. The Morgan fingerprint density at radius 2 is 2.00 bits per heavy atom. The molecule has 0 aliphatic heterocycles. The van der Waals surface area contributed by atoms with Crippen molar-refractivity contribution >= 4 is 10.0 Å². The first-order valence-electron chi connectivity index (χ1n) is 7.85. The lowest BCUT2D eigenvalue weighted by molar-refractivity contribution is 0.471. The highest BCUT2D eigenvalue weighted by atomic mass is 32.2. The van der Waals surface area contributed by atoms with Crippen LogP contribution in [0, 0.1) is 11.8 Å². The molecule has 6 nitrogen and oxygen atoms in total. The van der Waals surface area contributed by atoms with Crippen LogP contribution in [0.15, 0.2) is 17.3 Å². The van der Waals surface area contributed by atoms with E-state index in [0.29, 0.717) is 18.4 Å². The normalized spacial score (nSPS) is 19.3. The van der Waals surface area contributed by atoms with E-state index < -0.39 is 10.0 Å². The molecule has 2 fully saturated rings. The predicted octanol–water partition coefficient (Wildman–Crippen LogP) is 0.960. The molecule has 1 heterocycles. The molecule has 0 bridgehead atoms. The zero-order valence-corrected chi connectivity index (χ0v) is 13.3. The van der Waals surface area contributed by atoms with E-state index in [-0.39, 0.29) is 10.9 Å². The van der Waals surface area contributed by atoms with Gasteiger partial charge in [0.1, 0.15) is 4.90 Å². The van der Waals surface area contributed by atoms with Crippen LogP contribution in [0.3, 0.4) is 0 Å². The highest BCUT2D eigenvalue weighted by molar-refractivity contribution is 7.89. The minimum absolute atomic E-state index is 0.139. The highest BCUT2D eigenvalue weighted by Gasteiger charge is 2.43. The van der Waals surface area contributed by atoms with Crippen LogP contribution in [0.4, 0.5) is 0 Å². The highest BCUT2D eigenvalue weighted by Crippen LogP contribution is 2.45. The zero-order chi connectivity index (χ0) is 14.9. The number of hydrogen-bond acceptors (Lipinski definition) is 4. The number of nitrogens with one attached hydrogen (secondary N) is 2. The summed E-state index contributed by atoms with van der Waals surface area (Å²) < 4.78 is 29.5. The number of nitrogens with zero attached hydrogens (tertiary/aromatic N) is 2. The summed E-state index contributed by atoms with van der Waals surface area (Å²) in [5, 5.41) is 7.34. The average molecular weight is 312 g/mol. The third-order valence-electron chi connectivity index (χ3n) is 4.24. The predicted molar refractivity (Wildman–Crippen MR) is 80.3 cm³/mol. The number of aromatic nitrogens is 2. The van der Waals surface area contributed by atoms with Crippen LogP contribution in [-0.4, -0.2) is 37.3 Å². The maximum Gasteiger partial charge on any atom is 0.243 e. The third-order valence-corrected chi connectivity index (χ3v) is 5.65. The lowest BCUT2D eigenvalue weighted by atomic mass is 10.1. The Kier molecular flexibility index (Phi) is 4.33. The van der Waals surface area contributed by atoms with Crippen LogP contribution in [0.25, 0.3) is 0 Å². The van der Waals surface area contributed by atoms with Crippen molar-refractivity contribution < 1.29 is 8.42 Å². The molecule has 7 heteroatoms. The summed E-state index contributed by atoms with van der Waals surface area (Å²) in [6, 6.07) is 0.139. The lowest BCUT2D eigenvalue weighted by Gasteiger charge is -2.16. The van der Waals surface area contributed by atoms with Crippen molar-refractivity contribution in [1.82, 2.24) is 19.8 Å². The molecule has 0 amide bonds. The van der Waals surface area contributed by atoms with E-state index in [1.165, 1.54) is 6.20 Å². The van der Waals surface area contributed by atoms with Crippen LogP contribution in [0.2, 0.25) is 0 Å². The van der Waals surface area contributed by atoms with Gasteiger partial charge in [-0.25, -0.2) is 13.1 Å². The van der Waals surface area contributed by atoms with Gasteiger partial charge in [-0.1, -0.05) is 6.92 Å². The monoisotopic (exact) mass is 312 g/mol.